The molecule has 0 spiro atoms. The molecule has 1 nitrogen and oxygen atoms in total. The quantitative estimate of drug-likeness (QED) is 0.430. The van der Waals surface area contributed by atoms with Crippen molar-refractivity contribution in [3.8, 4) is 0 Å². The first-order valence-electron chi connectivity index (χ1n) is 3.21. The average molecular weight is 149 g/mol. The van der Waals surface area contributed by atoms with E-state index in [1.807, 2.05) is 0 Å². The van der Waals surface area contributed by atoms with Gasteiger partial charge in [0.15, 0.2) is 5.56 Å². The van der Waals surface area contributed by atoms with Gasteiger partial charge < -0.3 is 4.74 Å². The van der Waals surface area contributed by atoms with Crippen molar-refractivity contribution in [2.24, 2.45) is 0 Å². The van der Waals surface area contributed by atoms with Gasteiger partial charge in [-0.2, -0.15) is 0 Å². The SMILES string of the molecule is C=CO[C@@H](Cl)CCCC. The first-order chi connectivity index (χ1) is 4.31. The molecule has 0 bridgehead atoms. The minimum atomic E-state index is -0.178. The van der Waals surface area contributed by atoms with Crippen molar-refractivity contribution < 1.29 is 4.74 Å². The van der Waals surface area contributed by atoms with Gasteiger partial charge in [-0.15, -0.1) is 0 Å². The number of hydrogen-bond acceptors (Lipinski definition) is 1. The summed E-state index contributed by atoms with van der Waals surface area (Å²) in [6.07, 6.45) is 4.56. The number of halogens is 1. The largest absolute Gasteiger partial charge is 0.483 e. The minimum absolute atomic E-state index is 0.178. The fraction of sp³-hybridized carbons (Fsp3) is 0.714. The summed E-state index contributed by atoms with van der Waals surface area (Å²) in [7, 11) is 0. The molecular formula is C7H13ClO. The third-order valence-electron chi connectivity index (χ3n) is 1.03. The topological polar surface area (TPSA) is 9.23 Å². The van der Waals surface area contributed by atoms with Crippen molar-refractivity contribution in [1.82, 2.24) is 0 Å². The maximum absolute atomic E-state index is 5.67. The van der Waals surface area contributed by atoms with Crippen LogP contribution in [0.5, 0.6) is 0 Å². The van der Waals surface area contributed by atoms with E-state index in [1.54, 1.807) is 0 Å². The Morgan fingerprint density at radius 3 is 2.89 bits per heavy atom. The van der Waals surface area contributed by atoms with Crippen molar-refractivity contribution >= 4 is 11.6 Å². The van der Waals surface area contributed by atoms with Gasteiger partial charge in [0.05, 0.1) is 6.26 Å². The average Bonchev–Trinajstić information content (AvgIpc) is 1.85. The molecule has 0 fully saturated rings. The molecule has 0 aromatic carbocycles. The van der Waals surface area contributed by atoms with Crippen LogP contribution in [0, 0.1) is 0 Å². The molecule has 0 aromatic rings. The monoisotopic (exact) mass is 148 g/mol. The number of hydrogen-bond donors (Lipinski definition) is 0. The first kappa shape index (κ1) is 8.83. The molecule has 1 atom stereocenters. The summed E-state index contributed by atoms with van der Waals surface area (Å²) < 4.78 is 4.87. The highest BCUT2D eigenvalue weighted by atomic mass is 35.5. The zero-order valence-corrected chi connectivity index (χ0v) is 6.53. The van der Waals surface area contributed by atoms with E-state index in [0.717, 1.165) is 19.3 Å². The Morgan fingerprint density at radius 1 is 1.78 bits per heavy atom. The van der Waals surface area contributed by atoms with E-state index in [2.05, 4.69) is 13.5 Å². The van der Waals surface area contributed by atoms with E-state index in [0.29, 0.717) is 0 Å². The molecule has 0 N–H and O–H groups in total. The molecule has 0 aliphatic heterocycles. The van der Waals surface area contributed by atoms with Gasteiger partial charge in [0.2, 0.25) is 0 Å². The molecule has 2 heteroatoms. The van der Waals surface area contributed by atoms with Gasteiger partial charge in [0, 0.05) is 0 Å². The summed E-state index contributed by atoms with van der Waals surface area (Å²) in [5, 5.41) is 0. The Morgan fingerprint density at radius 2 is 2.44 bits per heavy atom. The van der Waals surface area contributed by atoms with Gasteiger partial charge in [-0.3, -0.25) is 0 Å². The van der Waals surface area contributed by atoms with Gasteiger partial charge in [0.1, 0.15) is 0 Å². The second-order valence-corrected chi connectivity index (χ2v) is 2.34. The summed E-state index contributed by atoms with van der Waals surface area (Å²) >= 11 is 5.67. The third kappa shape index (κ3) is 5.71. The van der Waals surface area contributed by atoms with Crippen molar-refractivity contribution in [1.29, 1.82) is 0 Å². The molecule has 0 amide bonds. The van der Waals surface area contributed by atoms with E-state index in [9.17, 15) is 0 Å². The number of rotatable bonds is 5. The summed E-state index contributed by atoms with van der Waals surface area (Å²) in [6, 6.07) is 0. The maximum atomic E-state index is 5.67. The number of alkyl halides is 1. The van der Waals surface area contributed by atoms with E-state index in [-0.39, 0.29) is 5.56 Å². The second-order valence-electron chi connectivity index (χ2n) is 1.86. The minimum Gasteiger partial charge on any atom is -0.483 e. The highest BCUT2D eigenvalue weighted by Gasteiger charge is 1.99. The molecule has 0 aliphatic carbocycles. The second kappa shape index (κ2) is 5.96. The van der Waals surface area contributed by atoms with Gasteiger partial charge in [-0.25, -0.2) is 0 Å². The molecular weight excluding hydrogens is 136 g/mol. The van der Waals surface area contributed by atoms with Crippen molar-refractivity contribution in [2.75, 3.05) is 0 Å². The molecule has 0 aliphatic rings. The van der Waals surface area contributed by atoms with Crippen LogP contribution in [-0.2, 0) is 4.74 Å². The normalized spacial score (nSPS) is 12.7. The van der Waals surface area contributed by atoms with Gasteiger partial charge in [-0.1, -0.05) is 31.5 Å². The molecule has 0 aromatic heterocycles. The highest BCUT2D eigenvalue weighted by molar-refractivity contribution is 6.19. The zero-order valence-electron chi connectivity index (χ0n) is 5.77. The van der Waals surface area contributed by atoms with Crippen LogP contribution in [-0.4, -0.2) is 5.56 Å². The van der Waals surface area contributed by atoms with Crippen LogP contribution >= 0.6 is 11.6 Å². The van der Waals surface area contributed by atoms with Crippen LogP contribution in [0.3, 0.4) is 0 Å². The van der Waals surface area contributed by atoms with Gasteiger partial charge >= 0.3 is 0 Å². The van der Waals surface area contributed by atoms with E-state index < -0.39 is 0 Å². The molecule has 0 unspecified atom stereocenters. The Bertz CT molecular complexity index is 73.3. The Labute approximate surface area is 61.7 Å². The predicted molar refractivity (Wildman–Crippen MR) is 40.4 cm³/mol. The van der Waals surface area contributed by atoms with Crippen LogP contribution in [0.1, 0.15) is 26.2 Å². The lowest BCUT2D eigenvalue weighted by Gasteiger charge is -2.06. The molecule has 0 radical (unpaired) electrons. The van der Waals surface area contributed by atoms with Crippen molar-refractivity contribution in [2.45, 2.75) is 31.7 Å². The molecule has 0 saturated heterocycles. The van der Waals surface area contributed by atoms with Crippen molar-refractivity contribution in [3.05, 3.63) is 12.8 Å². The highest BCUT2D eigenvalue weighted by Crippen LogP contribution is 2.08. The lowest BCUT2D eigenvalue weighted by Crippen LogP contribution is -1.98. The summed E-state index contributed by atoms with van der Waals surface area (Å²) in [5.41, 5.74) is -0.178. The van der Waals surface area contributed by atoms with E-state index in [1.165, 1.54) is 6.26 Å². The Kier molecular flexibility index (Phi) is 5.85. The van der Waals surface area contributed by atoms with Crippen LogP contribution in [0.15, 0.2) is 12.8 Å². The fourth-order valence-corrected chi connectivity index (χ4v) is 0.764. The molecule has 0 heterocycles. The van der Waals surface area contributed by atoms with Crippen LogP contribution in [0.4, 0.5) is 0 Å². The lowest BCUT2D eigenvalue weighted by molar-refractivity contribution is 0.205. The van der Waals surface area contributed by atoms with Gasteiger partial charge in [-0.05, 0) is 12.8 Å². The fourth-order valence-electron chi connectivity index (χ4n) is 0.537. The van der Waals surface area contributed by atoms with E-state index >= 15 is 0 Å². The first-order valence-corrected chi connectivity index (χ1v) is 3.65. The van der Waals surface area contributed by atoms with Crippen LogP contribution in [0.25, 0.3) is 0 Å². The zero-order chi connectivity index (χ0) is 7.11. The van der Waals surface area contributed by atoms with Crippen LogP contribution in [0.2, 0.25) is 0 Å². The Hall–Kier alpha value is -0.170. The summed E-state index contributed by atoms with van der Waals surface area (Å²) in [5.74, 6) is 0. The van der Waals surface area contributed by atoms with Crippen LogP contribution < -0.4 is 0 Å². The Balaban J connectivity index is 3.04. The molecule has 9 heavy (non-hydrogen) atoms. The molecule has 54 valence electrons. The summed E-state index contributed by atoms with van der Waals surface area (Å²) in [4.78, 5) is 0. The predicted octanol–water partition coefficient (Wildman–Crippen LogP) is 2.90. The number of unbranched alkanes of at least 4 members (excludes halogenated alkanes) is 1. The lowest BCUT2D eigenvalue weighted by atomic mass is 10.3. The maximum Gasteiger partial charge on any atom is 0.171 e. The standard InChI is InChI=1S/C7H13ClO/c1-3-5-6-7(8)9-4-2/h4,7H,2-3,5-6H2,1H3/t7-/m1/s1. The van der Waals surface area contributed by atoms with E-state index in [4.69, 9.17) is 16.3 Å². The smallest absolute Gasteiger partial charge is 0.171 e. The van der Waals surface area contributed by atoms with Crippen molar-refractivity contribution in [3.63, 3.8) is 0 Å². The number of ether oxygens (including phenoxy) is 1. The summed E-state index contributed by atoms with van der Waals surface area (Å²) in [6.45, 7) is 5.52. The third-order valence-corrected chi connectivity index (χ3v) is 1.35. The molecule has 0 rings (SSSR count). The molecule has 0 saturated carbocycles. The van der Waals surface area contributed by atoms with Gasteiger partial charge in [0.25, 0.3) is 0 Å².